The minimum absolute atomic E-state index is 0.502. The first-order valence-electron chi connectivity index (χ1n) is 6.91. The monoisotopic (exact) mass is 296 g/mol. The van der Waals surface area contributed by atoms with Crippen LogP contribution in [0.3, 0.4) is 0 Å². The molecular formula is C16H25Br. The van der Waals surface area contributed by atoms with Crippen molar-refractivity contribution in [3.05, 3.63) is 35.4 Å². The topological polar surface area (TPSA) is 0 Å². The first-order chi connectivity index (χ1) is 8.19. The van der Waals surface area contributed by atoms with Crippen molar-refractivity contribution in [1.29, 1.82) is 0 Å². The van der Waals surface area contributed by atoms with E-state index < -0.39 is 0 Å². The van der Waals surface area contributed by atoms with Crippen LogP contribution in [0.5, 0.6) is 0 Å². The van der Waals surface area contributed by atoms with Crippen molar-refractivity contribution in [1.82, 2.24) is 0 Å². The summed E-state index contributed by atoms with van der Waals surface area (Å²) >= 11 is 3.83. The second kappa shape index (κ2) is 7.92. The van der Waals surface area contributed by atoms with Crippen LogP contribution in [0.25, 0.3) is 0 Å². The van der Waals surface area contributed by atoms with E-state index in [1.54, 1.807) is 0 Å². The molecule has 0 bridgehead atoms. The molecule has 96 valence electrons. The lowest BCUT2D eigenvalue weighted by molar-refractivity contribution is 0.518. The van der Waals surface area contributed by atoms with Gasteiger partial charge in [0.25, 0.3) is 0 Å². The lowest BCUT2D eigenvalue weighted by Gasteiger charge is -2.18. The van der Waals surface area contributed by atoms with Crippen molar-refractivity contribution >= 4 is 15.9 Å². The lowest BCUT2D eigenvalue weighted by atomic mass is 9.95. The standard InChI is InChI=1S/C16H25Br/c1-4-6-8-14-9-11-15(12-10-14)16(17)13(3)7-5-2/h9-13,16H,4-8H2,1-3H3. The Kier molecular flexibility index (Phi) is 6.87. The SMILES string of the molecule is CCCCc1ccc(C(Br)C(C)CCC)cc1. The largest absolute Gasteiger partial charge is 0.0836 e. The number of hydrogen-bond donors (Lipinski definition) is 0. The molecule has 2 atom stereocenters. The van der Waals surface area contributed by atoms with Crippen LogP contribution >= 0.6 is 15.9 Å². The van der Waals surface area contributed by atoms with Crippen LogP contribution in [-0.4, -0.2) is 0 Å². The predicted molar refractivity (Wildman–Crippen MR) is 80.8 cm³/mol. The molecule has 1 aromatic carbocycles. The second-order valence-electron chi connectivity index (χ2n) is 5.01. The number of alkyl halides is 1. The molecule has 0 radical (unpaired) electrons. The molecule has 2 unspecified atom stereocenters. The van der Waals surface area contributed by atoms with E-state index in [-0.39, 0.29) is 0 Å². The van der Waals surface area contributed by atoms with Gasteiger partial charge in [0.1, 0.15) is 0 Å². The maximum Gasteiger partial charge on any atom is 0.0420 e. The number of hydrogen-bond acceptors (Lipinski definition) is 0. The van der Waals surface area contributed by atoms with Gasteiger partial charge in [-0.05, 0) is 36.3 Å². The van der Waals surface area contributed by atoms with Crippen molar-refractivity contribution in [3.8, 4) is 0 Å². The Morgan fingerprint density at radius 3 is 2.24 bits per heavy atom. The Balaban J connectivity index is 2.60. The van der Waals surface area contributed by atoms with Crippen molar-refractivity contribution < 1.29 is 0 Å². The quantitative estimate of drug-likeness (QED) is 0.549. The van der Waals surface area contributed by atoms with E-state index in [4.69, 9.17) is 0 Å². The van der Waals surface area contributed by atoms with Crippen LogP contribution in [0.4, 0.5) is 0 Å². The van der Waals surface area contributed by atoms with Crippen LogP contribution in [0.2, 0.25) is 0 Å². The van der Waals surface area contributed by atoms with E-state index in [2.05, 4.69) is 61.0 Å². The van der Waals surface area contributed by atoms with Crippen molar-refractivity contribution in [2.24, 2.45) is 5.92 Å². The van der Waals surface area contributed by atoms with Crippen LogP contribution in [0.15, 0.2) is 24.3 Å². The van der Waals surface area contributed by atoms with Crippen molar-refractivity contribution in [2.45, 2.75) is 57.7 Å². The molecule has 0 aliphatic rings. The molecular weight excluding hydrogens is 272 g/mol. The molecule has 0 heterocycles. The molecule has 0 N–H and O–H groups in total. The molecule has 1 heteroatoms. The second-order valence-corrected chi connectivity index (χ2v) is 6.00. The summed E-state index contributed by atoms with van der Waals surface area (Å²) in [5, 5.41) is 0. The molecule has 17 heavy (non-hydrogen) atoms. The van der Waals surface area contributed by atoms with Gasteiger partial charge in [0.15, 0.2) is 0 Å². The van der Waals surface area contributed by atoms with E-state index in [0.717, 1.165) is 0 Å². The molecule has 0 aliphatic carbocycles. The van der Waals surface area contributed by atoms with Gasteiger partial charge in [0.2, 0.25) is 0 Å². The van der Waals surface area contributed by atoms with Gasteiger partial charge in [0.05, 0.1) is 0 Å². The summed E-state index contributed by atoms with van der Waals surface area (Å²) in [5.41, 5.74) is 2.89. The number of unbranched alkanes of at least 4 members (excludes halogenated alkanes) is 1. The third kappa shape index (κ3) is 4.83. The highest BCUT2D eigenvalue weighted by Gasteiger charge is 2.14. The minimum atomic E-state index is 0.502. The van der Waals surface area contributed by atoms with Gasteiger partial charge in [-0.1, -0.05) is 73.8 Å². The Morgan fingerprint density at radius 1 is 1.06 bits per heavy atom. The number of rotatable bonds is 7. The van der Waals surface area contributed by atoms with Gasteiger partial charge in [-0.15, -0.1) is 0 Å². The summed E-state index contributed by atoms with van der Waals surface area (Å²) in [6.45, 7) is 6.83. The predicted octanol–water partition coefficient (Wildman–Crippen LogP) is 5.90. The van der Waals surface area contributed by atoms with Crippen LogP contribution in [-0.2, 0) is 6.42 Å². The molecule has 1 aromatic rings. The van der Waals surface area contributed by atoms with Gasteiger partial charge < -0.3 is 0 Å². The number of halogens is 1. The fourth-order valence-electron chi connectivity index (χ4n) is 2.18. The maximum atomic E-state index is 3.83. The van der Waals surface area contributed by atoms with Gasteiger partial charge in [-0.3, -0.25) is 0 Å². The molecule has 0 nitrogen and oxygen atoms in total. The fourth-order valence-corrected chi connectivity index (χ4v) is 2.75. The van der Waals surface area contributed by atoms with Gasteiger partial charge in [-0.2, -0.15) is 0 Å². The zero-order chi connectivity index (χ0) is 12.7. The zero-order valence-corrected chi connectivity index (χ0v) is 13.0. The van der Waals surface area contributed by atoms with Crippen molar-refractivity contribution in [3.63, 3.8) is 0 Å². The highest BCUT2D eigenvalue weighted by atomic mass is 79.9. The third-order valence-electron chi connectivity index (χ3n) is 3.36. The normalized spacial score (nSPS) is 14.6. The summed E-state index contributed by atoms with van der Waals surface area (Å²) in [6, 6.07) is 9.16. The van der Waals surface area contributed by atoms with Crippen LogP contribution in [0.1, 0.15) is 62.4 Å². The summed E-state index contributed by atoms with van der Waals surface area (Å²) in [6.07, 6.45) is 6.33. The Hall–Kier alpha value is -0.300. The lowest BCUT2D eigenvalue weighted by Crippen LogP contribution is -2.03. The highest BCUT2D eigenvalue weighted by molar-refractivity contribution is 9.09. The summed E-state index contributed by atoms with van der Waals surface area (Å²) in [5.74, 6) is 0.710. The summed E-state index contributed by atoms with van der Waals surface area (Å²) in [7, 11) is 0. The molecule has 0 saturated carbocycles. The molecule has 0 spiro atoms. The van der Waals surface area contributed by atoms with Crippen LogP contribution < -0.4 is 0 Å². The third-order valence-corrected chi connectivity index (χ3v) is 4.79. The molecule has 0 aliphatic heterocycles. The summed E-state index contributed by atoms with van der Waals surface area (Å²) in [4.78, 5) is 0.502. The van der Waals surface area contributed by atoms with Gasteiger partial charge in [-0.25, -0.2) is 0 Å². The first-order valence-corrected chi connectivity index (χ1v) is 7.83. The van der Waals surface area contributed by atoms with E-state index >= 15 is 0 Å². The van der Waals surface area contributed by atoms with Crippen LogP contribution in [0, 0.1) is 5.92 Å². The Labute approximate surface area is 115 Å². The van der Waals surface area contributed by atoms with E-state index in [0.29, 0.717) is 10.7 Å². The Bertz CT molecular complexity index is 302. The van der Waals surface area contributed by atoms with E-state index in [1.165, 1.54) is 43.2 Å². The van der Waals surface area contributed by atoms with E-state index in [1.807, 2.05) is 0 Å². The molecule has 0 amide bonds. The Morgan fingerprint density at radius 2 is 1.71 bits per heavy atom. The molecule has 0 aromatic heterocycles. The first kappa shape index (κ1) is 14.8. The molecule has 0 saturated heterocycles. The maximum absolute atomic E-state index is 3.83. The van der Waals surface area contributed by atoms with Gasteiger partial charge >= 0.3 is 0 Å². The molecule has 0 fully saturated rings. The average molecular weight is 297 g/mol. The zero-order valence-electron chi connectivity index (χ0n) is 11.4. The summed E-state index contributed by atoms with van der Waals surface area (Å²) < 4.78 is 0. The highest BCUT2D eigenvalue weighted by Crippen LogP contribution is 2.33. The van der Waals surface area contributed by atoms with Crippen molar-refractivity contribution in [2.75, 3.05) is 0 Å². The molecule has 1 rings (SSSR count). The number of benzene rings is 1. The minimum Gasteiger partial charge on any atom is -0.0836 e. The number of aryl methyl sites for hydroxylation is 1. The van der Waals surface area contributed by atoms with Gasteiger partial charge in [0, 0.05) is 4.83 Å². The average Bonchev–Trinajstić information content (AvgIpc) is 2.36. The fraction of sp³-hybridized carbons (Fsp3) is 0.625. The van der Waals surface area contributed by atoms with E-state index in [9.17, 15) is 0 Å². The smallest absolute Gasteiger partial charge is 0.0420 e.